The highest BCUT2D eigenvalue weighted by Gasteiger charge is 2.30. The molecule has 0 aromatic rings. The average molecular weight is 168 g/mol. The van der Waals surface area contributed by atoms with Gasteiger partial charge in [0.1, 0.15) is 13.1 Å². The Morgan fingerprint density at radius 1 is 1.25 bits per heavy atom. The summed E-state index contributed by atoms with van der Waals surface area (Å²) in [5.74, 6) is 0. The maximum absolute atomic E-state index is 10.8. The summed E-state index contributed by atoms with van der Waals surface area (Å²) in [6, 6.07) is 0. The predicted molar refractivity (Wildman–Crippen MR) is 48.6 cm³/mol. The Bertz CT molecular complexity index is 199. The van der Waals surface area contributed by atoms with Crippen LogP contribution in [0.3, 0.4) is 0 Å². The van der Waals surface area contributed by atoms with E-state index >= 15 is 0 Å². The van der Waals surface area contributed by atoms with Gasteiger partial charge in [-0.1, -0.05) is 13.2 Å². The molecule has 0 aliphatic rings. The van der Waals surface area contributed by atoms with Gasteiger partial charge in [0.2, 0.25) is 0 Å². The number of rotatable bonds is 5. The molecule has 1 amide bonds. The number of quaternary nitrogens is 1. The van der Waals surface area contributed by atoms with Crippen LogP contribution in [-0.2, 0) is 0 Å². The molecular formula is C9H14NO2+. The van der Waals surface area contributed by atoms with Crippen molar-refractivity contribution in [2.45, 2.75) is 0 Å². The van der Waals surface area contributed by atoms with E-state index in [1.165, 1.54) is 6.20 Å². The smallest absolute Gasteiger partial charge is 0.435 e. The summed E-state index contributed by atoms with van der Waals surface area (Å²) in [5, 5.41) is 8.89. The maximum Gasteiger partial charge on any atom is 0.518 e. The first-order valence-electron chi connectivity index (χ1n) is 3.58. The van der Waals surface area contributed by atoms with Crippen molar-refractivity contribution in [1.29, 1.82) is 0 Å². The SMILES string of the molecule is C=CC[N+](C=C)(CC=C)C(=O)O. The monoisotopic (exact) mass is 168 g/mol. The standard InChI is InChI=1S/C9H13NO2/c1-4-7-10(6-3,8-5-2)9(11)12/h4-6H,1-3,7-8H2/p+1. The van der Waals surface area contributed by atoms with Gasteiger partial charge in [-0.25, -0.2) is 0 Å². The number of carboxylic acid groups (broad SMARTS) is 1. The van der Waals surface area contributed by atoms with Crippen molar-refractivity contribution in [3.8, 4) is 0 Å². The van der Waals surface area contributed by atoms with Gasteiger partial charge in [-0.3, -0.25) is 0 Å². The highest BCUT2D eigenvalue weighted by atomic mass is 16.4. The minimum Gasteiger partial charge on any atom is -0.435 e. The third-order valence-corrected chi connectivity index (χ3v) is 1.64. The van der Waals surface area contributed by atoms with Crippen molar-refractivity contribution in [1.82, 2.24) is 0 Å². The van der Waals surface area contributed by atoms with Gasteiger partial charge in [-0.05, 0) is 18.7 Å². The molecule has 0 radical (unpaired) electrons. The molecule has 0 aromatic heterocycles. The van der Waals surface area contributed by atoms with Gasteiger partial charge in [-0.2, -0.15) is 9.28 Å². The summed E-state index contributed by atoms with van der Waals surface area (Å²) in [6.45, 7) is 11.1. The van der Waals surface area contributed by atoms with Gasteiger partial charge in [-0.15, -0.1) is 0 Å². The lowest BCUT2D eigenvalue weighted by molar-refractivity contribution is -0.792. The Kier molecular flexibility index (Phi) is 4.00. The van der Waals surface area contributed by atoms with E-state index in [4.69, 9.17) is 5.11 Å². The highest BCUT2D eigenvalue weighted by Crippen LogP contribution is 2.08. The van der Waals surface area contributed by atoms with E-state index in [0.717, 1.165) is 0 Å². The lowest BCUT2D eigenvalue weighted by Crippen LogP contribution is -2.47. The second kappa shape index (κ2) is 4.51. The predicted octanol–water partition coefficient (Wildman–Crippen LogP) is 2.00. The molecule has 0 aliphatic heterocycles. The normalized spacial score (nSPS) is 10.3. The fourth-order valence-corrected chi connectivity index (χ4v) is 0.919. The molecule has 0 saturated heterocycles. The molecule has 0 fully saturated rings. The molecule has 1 N–H and O–H groups in total. The van der Waals surface area contributed by atoms with Crippen molar-refractivity contribution >= 4 is 6.09 Å². The summed E-state index contributed by atoms with van der Waals surface area (Å²) in [5.41, 5.74) is 0. The van der Waals surface area contributed by atoms with Gasteiger partial charge >= 0.3 is 6.09 Å². The molecule has 3 nitrogen and oxygen atoms in total. The topological polar surface area (TPSA) is 37.3 Å². The van der Waals surface area contributed by atoms with Crippen LogP contribution in [0.1, 0.15) is 0 Å². The molecule has 0 saturated carbocycles. The van der Waals surface area contributed by atoms with E-state index in [1.807, 2.05) is 0 Å². The van der Waals surface area contributed by atoms with Crippen molar-refractivity contribution in [2.75, 3.05) is 13.1 Å². The Morgan fingerprint density at radius 3 is 1.83 bits per heavy atom. The lowest BCUT2D eigenvalue weighted by Gasteiger charge is -2.25. The highest BCUT2D eigenvalue weighted by molar-refractivity contribution is 5.57. The van der Waals surface area contributed by atoms with Crippen LogP contribution >= 0.6 is 0 Å². The van der Waals surface area contributed by atoms with Gasteiger partial charge < -0.3 is 5.11 Å². The molecule has 3 heteroatoms. The van der Waals surface area contributed by atoms with Gasteiger partial charge in [0.25, 0.3) is 0 Å². The van der Waals surface area contributed by atoms with Crippen LogP contribution in [0.2, 0.25) is 0 Å². The summed E-state index contributed by atoms with van der Waals surface area (Å²) in [6.07, 6.45) is 3.55. The number of hydrogen-bond donors (Lipinski definition) is 1. The van der Waals surface area contributed by atoms with Gasteiger partial charge in [0, 0.05) is 0 Å². The number of hydrogen-bond acceptors (Lipinski definition) is 1. The fraction of sp³-hybridized carbons (Fsp3) is 0.222. The Labute approximate surface area is 72.5 Å². The molecule has 0 bridgehead atoms. The van der Waals surface area contributed by atoms with Crippen LogP contribution in [0.15, 0.2) is 38.1 Å². The fourth-order valence-electron chi connectivity index (χ4n) is 0.919. The summed E-state index contributed by atoms with van der Waals surface area (Å²) in [7, 11) is 0. The van der Waals surface area contributed by atoms with Crippen molar-refractivity contribution in [3.63, 3.8) is 0 Å². The lowest BCUT2D eigenvalue weighted by atomic mass is 10.4. The molecule has 0 rings (SSSR count). The molecule has 0 aliphatic carbocycles. The minimum atomic E-state index is -0.940. The quantitative estimate of drug-likeness (QED) is 0.503. The third kappa shape index (κ3) is 2.07. The zero-order valence-electron chi connectivity index (χ0n) is 7.07. The first kappa shape index (κ1) is 10.7. The van der Waals surface area contributed by atoms with Crippen LogP contribution in [-0.4, -0.2) is 28.8 Å². The molecule has 0 atom stereocenters. The number of nitrogens with zero attached hydrogens (tertiary/aromatic N) is 1. The second-order valence-electron chi connectivity index (χ2n) is 2.44. The molecule has 0 unspecified atom stereocenters. The first-order chi connectivity index (χ1) is 5.63. The maximum atomic E-state index is 10.8. The summed E-state index contributed by atoms with van der Waals surface area (Å²) < 4.78 is -0.243. The van der Waals surface area contributed by atoms with Gasteiger partial charge in [0.15, 0.2) is 0 Å². The van der Waals surface area contributed by atoms with E-state index in [-0.39, 0.29) is 4.48 Å². The number of carbonyl (C=O) groups is 1. The molecule has 0 heterocycles. The average Bonchev–Trinajstić information content (AvgIpc) is 2.03. The van der Waals surface area contributed by atoms with Crippen LogP contribution in [0.5, 0.6) is 0 Å². The third-order valence-electron chi connectivity index (χ3n) is 1.64. The molecular weight excluding hydrogens is 154 g/mol. The molecule has 12 heavy (non-hydrogen) atoms. The summed E-state index contributed by atoms with van der Waals surface area (Å²) in [4.78, 5) is 10.8. The molecule has 66 valence electrons. The van der Waals surface area contributed by atoms with Crippen LogP contribution < -0.4 is 0 Å². The second-order valence-corrected chi connectivity index (χ2v) is 2.44. The van der Waals surface area contributed by atoms with E-state index in [9.17, 15) is 4.79 Å². The molecule has 0 spiro atoms. The minimum absolute atomic E-state index is 0.243. The van der Waals surface area contributed by atoms with E-state index < -0.39 is 6.09 Å². The van der Waals surface area contributed by atoms with Crippen molar-refractivity contribution in [2.24, 2.45) is 0 Å². The summed E-state index contributed by atoms with van der Waals surface area (Å²) >= 11 is 0. The zero-order valence-corrected chi connectivity index (χ0v) is 7.07. The van der Waals surface area contributed by atoms with Crippen molar-refractivity contribution in [3.05, 3.63) is 38.1 Å². The van der Waals surface area contributed by atoms with E-state index in [1.54, 1.807) is 12.2 Å². The van der Waals surface area contributed by atoms with Crippen LogP contribution in [0, 0.1) is 0 Å². The van der Waals surface area contributed by atoms with Crippen LogP contribution in [0.4, 0.5) is 4.79 Å². The number of amides is 1. The van der Waals surface area contributed by atoms with Crippen molar-refractivity contribution < 1.29 is 14.4 Å². The Hall–Kier alpha value is -1.35. The molecule has 0 aromatic carbocycles. The van der Waals surface area contributed by atoms with Gasteiger partial charge in [0.05, 0.1) is 6.20 Å². The van der Waals surface area contributed by atoms with E-state index in [2.05, 4.69) is 19.7 Å². The zero-order chi connectivity index (χ0) is 9.61. The Balaban J connectivity index is 4.72. The largest absolute Gasteiger partial charge is 0.518 e. The first-order valence-corrected chi connectivity index (χ1v) is 3.58. The van der Waals surface area contributed by atoms with Crippen LogP contribution in [0.25, 0.3) is 0 Å². The Morgan fingerprint density at radius 2 is 1.67 bits per heavy atom. The van der Waals surface area contributed by atoms with E-state index in [0.29, 0.717) is 13.1 Å².